The van der Waals surface area contributed by atoms with Crippen molar-refractivity contribution in [1.29, 1.82) is 0 Å². The van der Waals surface area contributed by atoms with Gasteiger partial charge in [-0.3, -0.25) is 0 Å². The zero-order chi connectivity index (χ0) is 14.1. The van der Waals surface area contributed by atoms with Crippen molar-refractivity contribution in [3.8, 4) is 0 Å². The van der Waals surface area contributed by atoms with Crippen molar-refractivity contribution < 1.29 is 31.4 Å². The third-order valence-corrected chi connectivity index (χ3v) is 2.03. The maximum atomic E-state index is 12.2. The topological polar surface area (TPSA) is 63.8 Å². The fourth-order valence-corrected chi connectivity index (χ4v) is 1.33. The predicted octanol–water partition coefficient (Wildman–Crippen LogP) is 0.854. The molecule has 0 saturated carbocycles. The number of hydrogen-bond acceptors (Lipinski definition) is 4. The Kier molecular flexibility index (Phi) is 3.84. The van der Waals surface area contributed by atoms with Crippen LogP contribution in [0.3, 0.4) is 0 Å². The van der Waals surface area contributed by atoms with Crippen molar-refractivity contribution in [2.24, 2.45) is 13.0 Å². The first-order valence-electron chi connectivity index (χ1n) is 4.56. The molecule has 1 N–H and O–H groups in total. The average molecular weight is 278 g/mol. The van der Waals surface area contributed by atoms with Crippen molar-refractivity contribution in [1.82, 2.24) is 20.2 Å². The molecule has 0 aromatic carbocycles. The molecule has 0 fully saturated rings. The Bertz CT molecular complexity index is 385. The highest BCUT2D eigenvalue weighted by Crippen LogP contribution is 2.41. The van der Waals surface area contributed by atoms with Crippen molar-refractivity contribution in [3.63, 3.8) is 0 Å². The van der Waals surface area contributed by atoms with Gasteiger partial charge in [-0.25, -0.2) is 0 Å². The fraction of sp³-hybridized carbons (Fsp3) is 0.857. The lowest BCUT2D eigenvalue weighted by molar-refractivity contribution is -0.305. The Morgan fingerprint density at radius 1 is 1.17 bits per heavy atom. The minimum atomic E-state index is -5.60. The van der Waals surface area contributed by atoms with Crippen LogP contribution in [0, 0.1) is 5.92 Å². The van der Waals surface area contributed by atoms with Gasteiger partial charge in [0, 0.05) is 6.42 Å². The number of aliphatic hydroxyl groups excluding tert-OH is 1. The Hall–Kier alpha value is -1.39. The number of alkyl halides is 6. The molecule has 0 aliphatic rings. The minimum Gasteiger partial charge on any atom is -0.392 e. The summed E-state index contributed by atoms with van der Waals surface area (Å²) in [6.45, 7) is 0. The van der Waals surface area contributed by atoms with E-state index in [1.807, 2.05) is 0 Å². The van der Waals surface area contributed by atoms with Crippen molar-refractivity contribution in [2.75, 3.05) is 0 Å². The zero-order valence-corrected chi connectivity index (χ0v) is 8.87. The molecule has 1 aromatic rings. The molecular formula is C7H8F6N4O. The first-order chi connectivity index (χ1) is 8.01. The summed E-state index contributed by atoms with van der Waals surface area (Å²) >= 11 is 0. The fourth-order valence-electron chi connectivity index (χ4n) is 1.33. The second kappa shape index (κ2) is 4.71. The van der Waals surface area contributed by atoms with Crippen LogP contribution in [0.25, 0.3) is 0 Å². The molecule has 1 atom stereocenters. The van der Waals surface area contributed by atoms with Crippen LogP contribution in [-0.4, -0.2) is 43.8 Å². The highest BCUT2D eigenvalue weighted by molar-refractivity contribution is 4.89. The van der Waals surface area contributed by atoms with Gasteiger partial charge in [0.2, 0.25) is 0 Å². The van der Waals surface area contributed by atoms with Crippen LogP contribution in [0.15, 0.2) is 0 Å². The van der Waals surface area contributed by atoms with Gasteiger partial charge >= 0.3 is 12.4 Å². The number of aryl methyl sites for hydroxylation is 1. The Morgan fingerprint density at radius 3 is 2.00 bits per heavy atom. The second-order valence-corrected chi connectivity index (χ2v) is 3.53. The monoisotopic (exact) mass is 278 g/mol. The largest absolute Gasteiger partial charge is 0.403 e. The summed E-state index contributed by atoms with van der Waals surface area (Å²) in [6.07, 6.45) is -14.9. The Labute approximate surface area is 96.4 Å². The van der Waals surface area contributed by atoms with Crippen molar-refractivity contribution in [2.45, 2.75) is 24.9 Å². The highest BCUT2D eigenvalue weighted by atomic mass is 19.4. The summed E-state index contributed by atoms with van der Waals surface area (Å²) in [5.41, 5.74) is 0. The Balaban J connectivity index is 2.87. The van der Waals surface area contributed by atoms with E-state index in [9.17, 15) is 26.3 Å². The number of aliphatic hydroxyl groups is 1. The normalized spacial score (nSPS) is 15.2. The van der Waals surface area contributed by atoms with E-state index in [4.69, 9.17) is 5.11 Å². The third-order valence-electron chi connectivity index (χ3n) is 2.03. The molecule has 0 aliphatic heterocycles. The molecule has 0 saturated heterocycles. The van der Waals surface area contributed by atoms with Crippen LogP contribution in [0.1, 0.15) is 5.82 Å². The quantitative estimate of drug-likeness (QED) is 0.833. The maximum absolute atomic E-state index is 12.2. The molecule has 18 heavy (non-hydrogen) atoms. The van der Waals surface area contributed by atoms with Crippen molar-refractivity contribution >= 4 is 0 Å². The number of aromatic nitrogens is 4. The van der Waals surface area contributed by atoms with Gasteiger partial charge in [0.25, 0.3) is 0 Å². The lowest BCUT2D eigenvalue weighted by Gasteiger charge is -2.26. The molecule has 104 valence electrons. The van der Waals surface area contributed by atoms with Crippen LogP contribution in [0.4, 0.5) is 26.3 Å². The van der Waals surface area contributed by atoms with E-state index in [-0.39, 0.29) is 0 Å². The summed E-state index contributed by atoms with van der Waals surface area (Å²) in [7, 11) is 1.29. The van der Waals surface area contributed by atoms with Crippen LogP contribution in [-0.2, 0) is 13.5 Å². The number of rotatable bonds is 3. The second-order valence-electron chi connectivity index (χ2n) is 3.53. The summed E-state index contributed by atoms with van der Waals surface area (Å²) in [4.78, 5) is 0.859. The van der Waals surface area contributed by atoms with Crippen LogP contribution < -0.4 is 0 Å². The molecule has 0 aliphatic carbocycles. The number of halogens is 6. The molecule has 0 spiro atoms. The molecule has 1 rings (SSSR count). The summed E-state index contributed by atoms with van der Waals surface area (Å²) in [5, 5.41) is 18.9. The van der Waals surface area contributed by atoms with Gasteiger partial charge in [-0.15, -0.1) is 10.2 Å². The average Bonchev–Trinajstić information content (AvgIpc) is 2.44. The molecule has 0 bridgehead atoms. The van der Waals surface area contributed by atoms with Crippen LogP contribution >= 0.6 is 0 Å². The molecular weight excluding hydrogens is 270 g/mol. The highest BCUT2D eigenvalue weighted by Gasteiger charge is 2.60. The van der Waals surface area contributed by atoms with Crippen LogP contribution in [0.2, 0.25) is 0 Å². The van der Waals surface area contributed by atoms with E-state index < -0.39 is 36.6 Å². The van der Waals surface area contributed by atoms with E-state index in [1.165, 1.54) is 7.05 Å². The summed E-state index contributed by atoms with van der Waals surface area (Å²) in [6, 6.07) is 0. The molecule has 5 nitrogen and oxygen atoms in total. The lowest BCUT2D eigenvalue weighted by atomic mass is 9.98. The number of hydrogen-bond donors (Lipinski definition) is 1. The van der Waals surface area contributed by atoms with E-state index in [2.05, 4.69) is 15.4 Å². The number of nitrogens with zero attached hydrogens (tertiary/aromatic N) is 4. The van der Waals surface area contributed by atoms with Gasteiger partial charge < -0.3 is 5.11 Å². The van der Waals surface area contributed by atoms with Gasteiger partial charge in [0.15, 0.2) is 11.7 Å². The van der Waals surface area contributed by atoms with E-state index in [0.29, 0.717) is 0 Å². The summed E-state index contributed by atoms with van der Waals surface area (Å²) in [5.74, 6) is -4.24. The Morgan fingerprint density at radius 2 is 1.67 bits per heavy atom. The minimum absolute atomic E-state index is 0.400. The number of tetrazole rings is 1. The van der Waals surface area contributed by atoms with E-state index in [0.717, 1.165) is 4.80 Å². The van der Waals surface area contributed by atoms with Gasteiger partial charge in [0.05, 0.1) is 13.2 Å². The van der Waals surface area contributed by atoms with Crippen LogP contribution in [0.5, 0.6) is 0 Å². The molecule has 1 unspecified atom stereocenters. The lowest BCUT2D eigenvalue weighted by Crippen LogP contribution is -2.45. The van der Waals surface area contributed by atoms with Gasteiger partial charge in [-0.2, -0.15) is 31.1 Å². The zero-order valence-electron chi connectivity index (χ0n) is 8.87. The van der Waals surface area contributed by atoms with Gasteiger partial charge in [-0.1, -0.05) is 0 Å². The third kappa shape index (κ3) is 3.55. The first kappa shape index (κ1) is 14.7. The van der Waals surface area contributed by atoms with Gasteiger partial charge in [0.1, 0.15) is 0 Å². The maximum Gasteiger partial charge on any atom is 0.403 e. The standard InChI is InChI=1S/C7H8F6N4O/c1-17-15-4(14-16-17)2-3(18)5(6(8,9)10)7(11,12)13/h3,5,18H,2H2,1H3. The van der Waals surface area contributed by atoms with E-state index >= 15 is 0 Å². The van der Waals surface area contributed by atoms with Crippen molar-refractivity contribution in [3.05, 3.63) is 5.82 Å². The van der Waals surface area contributed by atoms with E-state index in [1.54, 1.807) is 0 Å². The first-order valence-corrected chi connectivity index (χ1v) is 4.56. The van der Waals surface area contributed by atoms with Gasteiger partial charge in [-0.05, 0) is 5.21 Å². The molecule has 1 heterocycles. The smallest absolute Gasteiger partial charge is 0.392 e. The molecule has 11 heteroatoms. The SMILES string of the molecule is Cn1nnc(CC(O)C(C(F)(F)F)C(F)(F)F)n1. The molecule has 0 amide bonds. The molecule has 1 aromatic heterocycles. The predicted molar refractivity (Wildman–Crippen MR) is 44.1 cm³/mol. The summed E-state index contributed by atoms with van der Waals surface area (Å²) < 4.78 is 73.4. The molecule has 0 radical (unpaired) electrons.